The minimum Gasteiger partial charge on any atom is -0.388 e. The van der Waals surface area contributed by atoms with E-state index < -0.39 is 5.60 Å². The maximum Gasteiger partial charge on any atom is 0.236 e. The Morgan fingerprint density at radius 3 is 2.14 bits per heavy atom. The molecule has 0 atom stereocenters. The molecule has 3 rings (SSSR count). The number of guanidine groups is 1. The number of nitrogens with zero attached hydrogens (tertiary/aromatic N) is 4. The summed E-state index contributed by atoms with van der Waals surface area (Å²) in [6.07, 6.45) is 7.63. The monoisotopic (exact) mass is 507 g/mol. The van der Waals surface area contributed by atoms with Gasteiger partial charge in [0.25, 0.3) is 0 Å². The smallest absolute Gasteiger partial charge is 0.236 e. The van der Waals surface area contributed by atoms with Crippen LogP contribution in [0.1, 0.15) is 51.9 Å². The summed E-state index contributed by atoms with van der Waals surface area (Å²) in [5, 5.41) is 13.7. The second-order valence-corrected chi connectivity index (χ2v) is 8.31. The van der Waals surface area contributed by atoms with Gasteiger partial charge in [-0.15, -0.1) is 24.0 Å². The van der Waals surface area contributed by atoms with E-state index in [0.29, 0.717) is 13.1 Å². The molecule has 3 fully saturated rings. The van der Waals surface area contributed by atoms with Crippen molar-refractivity contribution >= 4 is 35.8 Å². The summed E-state index contributed by atoms with van der Waals surface area (Å²) in [6.45, 7) is 9.30. The van der Waals surface area contributed by atoms with E-state index in [1.165, 1.54) is 12.8 Å². The number of hydrogen-bond acceptors (Lipinski definition) is 4. The number of hydrogen-bond donors (Lipinski definition) is 2. The van der Waals surface area contributed by atoms with E-state index in [0.717, 1.165) is 83.9 Å². The Morgan fingerprint density at radius 1 is 0.964 bits per heavy atom. The Kier molecular flexibility index (Phi) is 9.76. The van der Waals surface area contributed by atoms with Gasteiger partial charge >= 0.3 is 0 Å². The molecule has 1 amide bonds. The quantitative estimate of drug-likeness (QED) is 0.336. The highest BCUT2D eigenvalue weighted by atomic mass is 127. The van der Waals surface area contributed by atoms with Crippen LogP contribution in [0.25, 0.3) is 0 Å². The third-order valence-electron chi connectivity index (χ3n) is 6.13. The number of piperazine rings is 1. The zero-order valence-electron chi connectivity index (χ0n) is 17.4. The molecule has 2 aliphatic heterocycles. The molecule has 0 spiro atoms. The zero-order valence-corrected chi connectivity index (χ0v) is 19.7. The lowest BCUT2D eigenvalue weighted by Crippen LogP contribution is -2.54. The topological polar surface area (TPSA) is 71.4 Å². The van der Waals surface area contributed by atoms with E-state index in [9.17, 15) is 9.90 Å². The summed E-state index contributed by atoms with van der Waals surface area (Å²) < 4.78 is 0. The van der Waals surface area contributed by atoms with E-state index in [-0.39, 0.29) is 29.9 Å². The summed E-state index contributed by atoms with van der Waals surface area (Å²) >= 11 is 0. The van der Waals surface area contributed by atoms with Crippen molar-refractivity contribution in [2.45, 2.75) is 57.5 Å². The molecule has 2 heterocycles. The summed E-state index contributed by atoms with van der Waals surface area (Å²) in [5.41, 5.74) is -0.581. The molecule has 162 valence electrons. The van der Waals surface area contributed by atoms with Gasteiger partial charge in [0.15, 0.2) is 5.96 Å². The molecule has 0 radical (unpaired) electrons. The third kappa shape index (κ3) is 6.73. The van der Waals surface area contributed by atoms with Gasteiger partial charge in [0, 0.05) is 45.8 Å². The fourth-order valence-corrected chi connectivity index (χ4v) is 4.12. The molecular weight excluding hydrogens is 469 g/mol. The minimum absolute atomic E-state index is 0. The molecule has 1 aliphatic carbocycles. The van der Waals surface area contributed by atoms with Crippen molar-refractivity contribution in [3.05, 3.63) is 0 Å². The number of amides is 1. The van der Waals surface area contributed by atoms with E-state index in [1.807, 2.05) is 0 Å². The summed E-state index contributed by atoms with van der Waals surface area (Å²) in [6, 6.07) is 0. The molecule has 7 nitrogen and oxygen atoms in total. The summed E-state index contributed by atoms with van der Waals surface area (Å²) in [7, 11) is 0. The van der Waals surface area contributed by atoms with Gasteiger partial charge in [-0.25, -0.2) is 0 Å². The number of aliphatic hydroxyl groups is 1. The van der Waals surface area contributed by atoms with Gasteiger partial charge in [0.1, 0.15) is 0 Å². The molecule has 2 saturated heterocycles. The van der Waals surface area contributed by atoms with Crippen molar-refractivity contribution in [3.8, 4) is 0 Å². The number of carbonyl (C=O) groups excluding carboxylic acids is 1. The van der Waals surface area contributed by atoms with Gasteiger partial charge in [0.2, 0.25) is 5.91 Å². The van der Waals surface area contributed by atoms with Crippen LogP contribution in [-0.2, 0) is 4.79 Å². The highest BCUT2D eigenvalue weighted by molar-refractivity contribution is 14.0. The average molecular weight is 507 g/mol. The number of likely N-dealkylation sites (tertiary alicyclic amines) is 1. The third-order valence-corrected chi connectivity index (χ3v) is 6.13. The molecule has 8 heteroatoms. The standard InChI is InChI=1S/C20H37N5O2.HI/c1-2-21-19(22-17-20(27)8-7-9-20)25-14-12-23(13-15-25)16-18(26)24-10-5-3-4-6-11-24;/h27H,2-17H2,1H3,(H,21,22);1H. The fraction of sp³-hybridized carbons (Fsp3) is 0.900. The highest BCUT2D eigenvalue weighted by Crippen LogP contribution is 2.31. The normalized spacial score (nSPS) is 23.4. The molecule has 28 heavy (non-hydrogen) atoms. The number of nitrogens with one attached hydrogen (secondary N) is 1. The van der Waals surface area contributed by atoms with Gasteiger partial charge < -0.3 is 20.2 Å². The number of carbonyl (C=O) groups is 1. The lowest BCUT2D eigenvalue weighted by Gasteiger charge is -2.38. The number of aliphatic imine (C=N–C) groups is 1. The fourth-order valence-electron chi connectivity index (χ4n) is 4.12. The van der Waals surface area contributed by atoms with Crippen LogP contribution in [0, 0.1) is 0 Å². The van der Waals surface area contributed by atoms with Crippen molar-refractivity contribution in [3.63, 3.8) is 0 Å². The molecular formula is C20H38IN5O2. The Balaban J connectivity index is 0.00000280. The van der Waals surface area contributed by atoms with Crippen molar-refractivity contribution in [1.82, 2.24) is 20.0 Å². The molecule has 2 N–H and O–H groups in total. The first-order valence-corrected chi connectivity index (χ1v) is 10.9. The van der Waals surface area contributed by atoms with Gasteiger partial charge in [-0.3, -0.25) is 14.7 Å². The van der Waals surface area contributed by atoms with Crippen LogP contribution >= 0.6 is 24.0 Å². The van der Waals surface area contributed by atoms with Crippen molar-refractivity contribution < 1.29 is 9.90 Å². The van der Waals surface area contributed by atoms with Crippen molar-refractivity contribution in [2.75, 3.05) is 58.9 Å². The van der Waals surface area contributed by atoms with Crippen LogP contribution in [0.4, 0.5) is 0 Å². The first-order chi connectivity index (χ1) is 13.1. The number of halogens is 1. The molecule has 1 saturated carbocycles. The lowest BCUT2D eigenvalue weighted by atomic mass is 9.80. The largest absolute Gasteiger partial charge is 0.388 e. The predicted molar refractivity (Wildman–Crippen MR) is 123 cm³/mol. The van der Waals surface area contributed by atoms with E-state index >= 15 is 0 Å². The Morgan fingerprint density at radius 2 is 1.61 bits per heavy atom. The minimum atomic E-state index is -0.581. The summed E-state index contributed by atoms with van der Waals surface area (Å²) in [4.78, 5) is 23.9. The van der Waals surface area contributed by atoms with Crippen LogP contribution in [0.5, 0.6) is 0 Å². The van der Waals surface area contributed by atoms with Crippen LogP contribution in [0.3, 0.4) is 0 Å². The van der Waals surface area contributed by atoms with Crippen LogP contribution in [0.2, 0.25) is 0 Å². The molecule has 3 aliphatic rings. The Labute approximate surface area is 186 Å². The van der Waals surface area contributed by atoms with Gasteiger partial charge in [-0.1, -0.05) is 12.8 Å². The average Bonchev–Trinajstić information content (AvgIpc) is 2.94. The van der Waals surface area contributed by atoms with E-state index in [4.69, 9.17) is 0 Å². The molecule has 0 bridgehead atoms. The van der Waals surface area contributed by atoms with Crippen molar-refractivity contribution in [1.29, 1.82) is 0 Å². The SMILES string of the molecule is CCNC(=NCC1(O)CCC1)N1CCN(CC(=O)N2CCCCCC2)CC1.I. The second-order valence-electron chi connectivity index (χ2n) is 8.31. The van der Waals surface area contributed by atoms with Crippen LogP contribution in [0.15, 0.2) is 4.99 Å². The first-order valence-electron chi connectivity index (χ1n) is 10.9. The van der Waals surface area contributed by atoms with Gasteiger partial charge in [0.05, 0.1) is 18.7 Å². The maximum atomic E-state index is 12.6. The van der Waals surface area contributed by atoms with E-state index in [2.05, 4.69) is 31.9 Å². The van der Waals surface area contributed by atoms with Crippen LogP contribution in [-0.4, -0.2) is 96.2 Å². The highest BCUT2D eigenvalue weighted by Gasteiger charge is 2.34. The maximum absolute atomic E-state index is 12.6. The van der Waals surface area contributed by atoms with Gasteiger partial charge in [-0.2, -0.15) is 0 Å². The molecule has 0 aromatic heterocycles. The molecule has 0 aromatic carbocycles. The molecule has 0 unspecified atom stereocenters. The lowest BCUT2D eigenvalue weighted by molar-refractivity contribution is -0.132. The summed E-state index contributed by atoms with van der Waals surface area (Å²) in [5.74, 6) is 1.19. The predicted octanol–water partition coefficient (Wildman–Crippen LogP) is 1.51. The molecule has 0 aromatic rings. The first kappa shape index (κ1) is 23.7. The number of rotatable bonds is 5. The van der Waals surface area contributed by atoms with Gasteiger partial charge in [-0.05, 0) is 39.0 Å². The Hall–Kier alpha value is -0.610. The van der Waals surface area contributed by atoms with Crippen LogP contribution < -0.4 is 5.32 Å². The van der Waals surface area contributed by atoms with E-state index in [1.54, 1.807) is 0 Å². The Bertz CT molecular complexity index is 511. The second kappa shape index (κ2) is 11.5. The zero-order chi connectivity index (χ0) is 19.1. The van der Waals surface area contributed by atoms with Crippen molar-refractivity contribution in [2.24, 2.45) is 4.99 Å².